The molecule has 1 aliphatic rings. The van der Waals surface area contributed by atoms with Crippen LogP contribution >= 0.6 is 35.4 Å². The Hall–Kier alpha value is -2.15. The Balaban J connectivity index is 1.62. The number of nitrogens with zero attached hydrogens (tertiary/aromatic N) is 2. The van der Waals surface area contributed by atoms with Gasteiger partial charge >= 0.3 is 0 Å². The predicted octanol–water partition coefficient (Wildman–Crippen LogP) is 5.15. The highest BCUT2D eigenvalue weighted by Crippen LogP contribution is 2.36. The number of fused-ring (bicyclic) bond motifs is 1. The van der Waals surface area contributed by atoms with E-state index in [9.17, 15) is 5.11 Å². The number of thiocarbonyl (C=S) groups is 1. The minimum absolute atomic E-state index is 0.123. The second-order valence-electron chi connectivity index (χ2n) is 6.47. The molecule has 0 unspecified atom stereocenters. The van der Waals surface area contributed by atoms with Crippen molar-refractivity contribution in [1.82, 2.24) is 15.3 Å². The van der Waals surface area contributed by atoms with Gasteiger partial charge in [0.15, 0.2) is 16.7 Å². The van der Waals surface area contributed by atoms with Gasteiger partial charge in [-0.3, -0.25) is 4.98 Å². The molecule has 0 radical (unpaired) electrons. The molecule has 4 rings (SSSR count). The van der Waals surface area contributed by atoms with E-state index >= 15 is 0 Å². The average molecular weight is 419 g/mol. The van der Waals surface area contributed by atoms with Crippen LogP contribution in [-0.4, -0.2) is 26.2 Å². The topological polar surface area (TPSA) is 70.1 Å². The first-order valence-electron chi connectivity index (χ1n) is 8.52. The van der Waals surface area contributed by atoms with Gasteiger partial charge in [0, 0.05) is 6.04 Å². The number of phenols is 1. The lowest BCUT2D eigenvalue weighted by molar-refractivity contribution is 0.385. The highest BCUT2D eigenvalue weighted by molar-refractivity contribution is 7.80. The molecular formula is C19H16Cl2N4OS. The molecule has 8 heteroatoms. The summed E-state index contributed by atoms with van der Waals surface area (Å²) in [5, 5.41) is 17.1. The fourth-order valence-electron chi connectivity index (χ4n) is 2.87. The summed E-state index contributed by atoms with van der Waals surface area (Å²) in [5.41, 5.74) is 3.13. The summed E-state index contributed by atoms with van der Waals surface area (Å²) < 4.78 is 0. The van der Waals surface area contributed by atoms with Crippen LogP contribution in [0, 0.1) is 0 Å². The van der Waals surface area contributed by atoms with E-state index in [2.05, 4.69) is 20.6 Å². The minimum atomic E-state index is -0.123. The van der Waals surface area contributed by atoms with Crippen LogP contribution in [-0.2, 0) is 0 Å². The molecular weight excluding hydrogens is 403 g/mol. The SMILES string of the molecule is Oc1c(Cl)cc(-c2ccc3ncc(NC(=S)NC4CCC4)nc3c2)cc1Cl. The molecule has 5 nitrogen and oxygen atoms in total. The van der Waals surface area contributed by atoms with Crippen LogP contribution in [0.2, 0.25) is 10.0 Å². The molecule has 1 saturated carbocycles. The molecule has 3 aromatic rings. The number of hydrogen-bond acceptors (Lipinski definition) is 4. The van der Waals surface area contributed by atoms with E-state index in [1.807, 2.05) is 18.2 Å². The van der Waals surface area contributed by atoms with Crippen LogP contribution in [0.25, 0.3) is 22.2 Å². The lowest BCUT2D eigenvalue weighted by Gasteiger charge is -2.27. The van der Waals surface area contributed by atoms with E-state index in [1.165, 1.54) is 6.42 Å². The zero-order valence-corrected chi connectivity index (χ0v) is 16.5. The van der Waals surface area contributed by atoms with E-state index < -0.39 is 0 Å². The fraction of sp³-hybridized carbons (Fsp3) is 0.211. The second-order valence-corrected chi connectivity index (χ2v) is 7.70. The number of nitrogens with one attached hydrogen (secondary N) is 2. The van der Waals surface area contributed by atoms with Gasteiger partial charge in [0.2, 0.25) is 0 Å². The van der Waals surface area contributed by atoms with Gasteiger partial charge in [-0.2, -0.15) is 0 Å². The smallest absolute Gasteiger partial charge is 0.172 e. The first-order chi connectivity index (χ1) is 13.0. The van der Waals surface area contributed by atoms with Crippen molar-refractivity contribution in [2.75, 3.05) is 5.32 Å². The van der Waals surface area contributed by atoms with Gasteiger partial charge in [0.1, 0.15) is 0 Å². The van der Waals surface area contributed by atoms with Crippen LogP contribution in [0.15, 0.2) is 36.5 Å². The number of anilines is 1. The van der Waals surface area contributed by atoms with Gasteiger partial charge < -0.3 is 15.7 Å². The summed E-state index contributed by atoms with van der Waals surface area (Å²) in [6.45, 7) is 0. The van der Waals surface area contributed by atoms with Crippen molar-refractivity contribution >= 4 is 57.4 Å². The van der Waals surface area contributed by atoms with Gasteiger partial charge in [0.05, 0.1) is 27.3 Å². The van der Waals surface area contributed by atoms with Crippen LogP contribution in [0.4, 0.5) is 5.82 Å². The highest BCUT2D eigenvalue weighted by Gasteiger charge is 2.18. The molecule has 1 heterocycles. The van der Waals surface area contributed by atoms with Crippen molar-refractivity contribution in [1.29, 1.82) is 0 Å². The maximum absolute atomic E-state index is 9.74. The van der Waals surface area contributed by atoms with E-state index in [4.69, 9.17) is 35.4 Å². The van der Waals surface area contributed by atoms with Crippen molar-refractivity contribution in [3.05, 3.63) is 46.6 Å². The average Bonchev–Trinajstić information content (AvgIpc) is 2.62. The summed E-state index contributed by atoms with van der Waals surface area (Å²) in [7, 11) is 0. The maximum atomic E-state index is 9.74. The fourth-order valence-corrected chi connectivity index (χ4v) is 3.63. The molecule has 1 aliphatic carbocycles. The molecule has 0 bridgehead atoms. The molecule has 0 atom stereocenters. The Morgan fingerprint density at radius 1 is 1.07 bits per heavy atom. The third-order valence-corrected chi connectivity index (χ3v) is 5.37. The minimum Gasteiger partial charge on any atom is -0.505 e. The third kappa shape index (κ3) is 3.93. The van der Waals surface area contributed by atoms with Crippen LogP contribution in [0.5, 0.6) is 5.75 Å². The second kappa shape index (κ2) is 7.46. The monoisotopic (exact) mass is 418 g/mol. The number of aromatic hydroxyl groups is 1. The number of aromatic nitrogens is 2. The van der Waals surface area contributed by atoms with Crippen molar-refractivity contribution < 1.29 is 5.11 Å². The molecule has 0 spiro atoms. The van der Waals surface area contributed by atoms with Crippen LogP contribution in [0.3, 0.4) is 0 Å². The predicted molar refractivity (Wildman–Crippen MR) is 114 cm³/mol. The molecule has 0 amide bonds. The molecule has 2 aromatic carbocycles. The number of phenolic OH excluding ortho intramolecular Hbond substituents is 1. The maximum Gasteiger partial charge on any atom is 0.172 e. The number of rotatable bonds is 3. The van der Waals surface area contributed by atoms with Crippen LogP contribution in [0.1, 0.15) is 19.3 Å². The van der Waals surface area contributed by atoms with Gasteiger partial charge in [0.25, 0.3) is 0 Å². The normalized spacial score (nSPS) is 14.0. The Kier molecular flexibility index (Phi) is 5.04. The van der Waals surface area contributed by atoms with Crippen molar-refractivity contribution in [2.45, 2.75) is 25.3 Å². The molecule has 1 aromatic heterocycles. The van der Waals surface area contributed by atoms with Crippen molar-refractivity contribution in [3.8, 4) is 16.9 Å². The lowest BCUT2D eigenvalue weighted by Crippen LogP contribution is -2.41. The van der Waals surface area contributed by atoms with Crippen molar-refractivity contribution in [2.24, 2.45) is 0 Å². The van der Waals surface area contributed by atoms with E-state index in [0.29, 0.717) is 22.5 Å². The largest absolute Gasteiger partial charge is 0.505 e. The first-order valence-corrected chi connectivity index (χ1v) is 9.69. The summed E-state index contributed by atoms with van der Waals surface area (Å²) in [6, 6.07) is 9.46. The van der Waals surface area contributed by atoms with E-state index in [1.54, 1.807) is 18.3 Å². The van der Waals surface area contributed by atoms with E-state index in [-0.39, 0.29) is 15.8 Å². The summed E-state index contributed by atoms with van der Waals surface area (Å²) in [5.74, 6) is 0.458. The summed E-state index contributed by atoms with van der Waals surface area (Å²) in [6.07, 6.45) is 5.19. The third-order valence-electron chi connectivity index (χ3n) is 4.57. The number of benzene rings is 2. The van der Waals surface area contributed by atoms with Gasteiger partial charge in [-0.1, -0.05) is 29.3 Å². The quantitative estimate of drug-likeness (QED) is 0.511. The zero-order chi connectivity index (χ0) is 19.0. The molecule has 138 valence electrons. The highest BCUT2D eigenvalue weighted by atomic mass is 35.5. The molecule has 1 fully saturated rings. The zero-order valence-electron chi connectivity index (χ0n) is 14.2. The van der Waals surface area contributed by atoms with Crippen LogP contribution < -0.4 is 10.6 Å². The molecule has 27 heavy (non-hydrogen) atoms. The Labute approximate surface area is 171 Å². The number of halogens is 2. The first kappa shape index (κ1) is 18.2. The van der Waals surface area contributed by atoms with Gasteiger partial charge in [-0.25, -0.2) is 4.98 Å². The Morgan fingerprint density at radius 2 is 1.81 bits per heavy atom. The Morgan fingerprint density at radius 3 is 2.48 bits per heavy atom. The van der Waals surface area contributed by atoms with Crippen molar-refractivity contribution in [3.63, 3.8) is 0 Å². The number of hydrogen-bond donors (Lipinski definition) is 3. The standard InChI is InChI=1S/C19H16Cl2N4OS/c20-13-6-11(7-14(21)18(13)26)10-4-5-15-16(8-10)24-17(9-22-15)25-19(27)23-12-2-1-3-12/h4-9,12,26H,1-3H2,(H2,23,24,25,27). The molecule has 3 N–H and O–H groups in total. The van der Waals surface area contributed by atoms with Gasteiger partial charge in [-0.15, -0.1) is 0 Å². The van der Waals surface area contributed by atoms with Gasteiger partial charge in [-0.05, 0) is 66.9 Å². The molecule has 0 aliphatic heterocycles. The van der Waals surface area contributed by atoms with E-state index in [0.717, 1.165) is 29.5 Å². The Bertz CT molecular complexity index is 1020. The molecule has 0 saturated heterocycles. The summed E-state index contributed by atoms with van der Waals surface area (Å²) in [4.78, 5) is 9.03. The lowest BCUT2D eigenvalue weighted by atomic mass is 9.93. The summed E-state index contributed by atoms with van der Waals surface area (Å²) >= 11 is 17.4.